The molecule has 110 valence electrons. The van der Waals surface area contributed by atoms with E-state index >= 15 is 0 Å². The van der Waals surface area contributed by atoms with Crippen molar-refractivity contribution in [2.24, 2.45) is 5.73 Å². The van der Waals surface area contributed by atoms with Crippen molar-refractivity contribution < 1.29 is 4.39 Å². The predicted octanol–water partition coefficient (Wildman–Crippen LogP) is 4.89. The first-order chi connectivity index (χ1) is 10.2. The van der Waals surface area contributed by atoms with E-state index in [4.69, 9.17) is 5.73 Å². The number of thioether (sulfide) groups is 1. The van der Waals surface area contributed by atoms with Gasteiger partial charge in [-0.3, -0.25) is 0 Å². The summed E-state index contributed by atoms with van der Waals surface area (Å²) in [4.78, 5) is 1.06. The van der Waals surface area contributed by atoms with Gasteiger partial charge in [0.05, 0.1) is 0 Å². The molecule has 0 spiro atoms. The third kappa shape index (κ3) is 3.47. The molecule has 1 atom stereocenters. The van der Waals surface area contributed by atoms with E-state index in [2.05, 4.69) is 24.3 Å². The Morgan fingerprint density at radius 2 is 1.81 bits per heavy atom. The molecule has 1 unspecified atom stereocenters. The van der Waals surface area contributed by atoms with Gasteiger partial charge in [-0.2, -0.15) is 0 Å². The van der Waals surface area contributed by atoms with Crippen LogP contribution in [0.4, 0.5) is 4.39 Å². The second-order valence-corrected chi connectivity index (χ2v) is 6.72. The number of hydrogen-bond acceptors (Lipinski definition) is 2. The fourth-order valence-electron chi connectivity index (χ4n) is 2.75. The summed E-state index contributed by atoms with van der Waals surface area (Å²) in [5.74, 6) is 1.32. The van der Waals surface area contributed by atoms with Crippen molar-refractivity contribution >= 4 is 11.8 Å². The van der Waals surface area contributed by atoms with Gasteiger partial charge in [0.1, 0.15) is 5.82 Å². The van der Waals surface area contributed by atoms with Crippen LogP contribution in [0.5, 0.6) is 0 Å². The van der Waals surface area contributed by atoms with Gasteiger partial charge in [-0.15, -0.1) is 11.8 Å². The van der Waals surface area contributed by atoms with Gasteiger partial charge in [-0.05, 0) is 54.2 Å². The van der Waals surface area contributed by atoms with Crippen LogP contribution in [0.2, 0.25) is 0 Å². The van der Waals surface area contributed by atoms with Crippen LogP contribution in [0.15, 0.2) is 53.4 Å². The van der Waals surface area contributed by atoms with Crippen molar-refractivity contribution in [3.05, 3.63) is 65.5 Å². The molecule has 1 aliphatic rings. The van der Waals surface area contributed by atoms with E-state index in [0.717, 1.165) is 10.6 Å². The van der Waals surface area contributed by atoms with Crippen molar-refractivity contribution in [2.45, 2.75) is 36.1 Å². The second-order valence-electron chi connectivity index (χ2n) is 5.63. The van der Waals surface area contributed by atoms with Crippen LogP contribution in [-0.2, 0) is 0 Å². The SMILES string of the molecule is NC(CSc1ccc(F)cc1)c1ccccc1C1CCC1. The van der Waals surface area contributed by atoms with Crippen LogP contribution >= 0.6 is 11.8 Å². The van der Waals surface area contributed by atoms with Gasteiger partial charge in [0.25, 0.3) is 0 Å². The van der Waals surface area contributed by atoms with Gasteiger partial charge < -0.3 is 5.73 Å². The lowest BCUT2D eigenvalue weighted by molar-refractivity contribution is 0.416. The van der Waals surface area contributed by atoms with E-state index in [-0.39, 0.29) is 11.9 Å². The largest absolute Gasteiger partial charge is 0.323 e. The summed E-state index contributed by atoms with van der Waals surface area (Å²) in [5, 5.41) is 0. The average Bonchev–Trinajstić information content (AvgIpc) is 2.45. The van der Waals surface area contributed by atoms with Crippen molar-refractivity contribution in [1.29, 1.82) is 0 Å². The summed E-state index contributed by atoms with van der Waals surface area (Å²) in [6.07, 6.45) is 3.91. The minimum absolute atomic E-state index is 0.0249. The zero-order chi connectivity index (χ0) is 14.7. The highest BCUT2D eigenvalue weighted by Gasteiger charge is 2.23. The Morgan fingerprint density at radius 3 is 2.48 bits per heavy atom. The fourth-order valence-corrected chi connectivity index (χ4v) is 3.63. The van der Waals surface area contributed by atoms with Crippen LogP contribution < -0.4 is 5.73 Å². The van der Waals surface area contributed by atoms with E-state index in [1.165, 1.54) is 42.5 Å². The lowest BCUT2D eigenvalue weighted by Gasteiger charge is -2.29. The van der Waals surface area contributed by atoms with Crippen LogP contribution in [-0.4, -0.2) is 5.75 Å². The van der Waals surface area contributed by atoms with Crippen molar-refractivity contribution in [1.82, 2.24) is 0 Å². The highest BCUT2D eigenvalue weighted by Crippen LogP contribution is 2.39. The molecule has 1 saturated carbocycles. The Kier molecular flexibility index (Phi) is 4.61. The molecule has 1 aliphatic carbocycles. The Morgan fingerprint density at radius 1 is 1.10 bits per heavy atom. The molecule has 3 heteroatoms. The van der Waals surface area contributed by atoms with Gasteiger partial charge in [-0.1, -0.05) is 30.7 Å². The molecule has 0 aromatic heterocycles. The van der Waals surface area contributed by atoms with E-state index in [0.29, 0.717) is 5.92 Å². The van der Waals surface area contributed by atoms with Gasteiger partial charge >= 0.3 is 0 Å². The smallest absolute Gasteiger partial charge is 0.123 e. The zero-order valence-electron chi connectivity index (χ0n) is 12.0. The molecule has 1 fully saturated rings. The Balaban J connectivity index is 1.67. The van der Waals surface area contributed by atoms with Crippen LogP contribution in [0.25, 0.3) is 0 Å². The minimum atomic E-state index is -0.195. The quantitative estimate of drug-likeness (QED) is 0.796. The average molecular weight is 301 g/mol. The molecule has 0 aliphatic heterocycles. The molecule has 0 radical (unpaired) electrons. The molecule has 0 heterocycles. The summed E-state index contributed by atoms with van der Waals surface area (Å²) in [6, 6.07) is 15.2. The molecule has 0 bridgehead atoms. The summed E-state index contributed by atoms with van der Waals surface area (Å²) >= 11 is 1.69. The third-order valence-electron chi connectivity index (χ3n) is 4.18. The van der Waals surface area contributed by atoms with Crippen LogP contribution in [0, 0.1) is 5.82 Å². The number of rotatable bonds is 5. The molecule has 2 aromatic carbocycles. The summed E-state index contributed by atoms with van der Waals surface area (Å²) < 4.78 is 12.9. The number of benzene rings is 2. The molecule has 1 nitrogen and oxygen atoms in total. The van der Waals surface area contributed by atoms with E-state index in [1.807, 2.05) is 12.1 Å². The molecule has 3 rings (SSSR count). The number of hydrogen-bond donors (Lipinski definition) is 1. The normalized spacial score (nSPS) is 16.5. The maximum Gasteiger partial charge on any atom is 0.123 e. The number of nitrogens with two attached hydrogens (primary N) is 1. The Hall–Kier alpha value is -1.32. The molecule has 21 heavy (non-hydrogen) atoms. The monoisotopic (exact) mass is 301 g/mol. The minimum Gasteiger partial charge on any atom is -0.323 e. The summed E-state index contributed by atoms with van der Waals surface area (Å²) in [5.41, 5.74) is 9.10. The van der Waals surface area contributed by atoms with Crippen molar-refractivity contribution in [3.8, 4) is 0 Å². The Bertz CT molecular complexity index is 592. The highest BCUT2D eigenvalue weighted by atomic mass is 32.2. The summed E-state index contributed by atoms with van der Waals surface area (Å²) in [7, 11) is 0. The van der Waals surface area contributed by atoms with Crippen LogP contribution in [0.1, 0.15) is 42.3 Å². The maximum absolute atomic E-state index is 12.9. The number of halogens is 1. The topological polar surface area (TPSA) is 26.0 Å². The van der Waals surface area contributed by atoms with E-state index in [1.54, 1.807) is 11.8 Å². The van der Waals surface area contributed by atoms with Crippen LogP contribution in [0.3, 0.4) is 0 Å². The van der Waals surface area contributed by atoms with Gasteiger partial charge in [0.15, 0.2) is 0 Å². The molecule has 0 amide bonds. The molecule has 2 aromatic rings. The lowest BCUT2D eigenvalue weighted by Crippen LogP contribution is -2.19. The predicted molar refractivity (Wildman–Crippen MR) is 87.1 cm³/mol. The fraction of sp³-hybridized carbons (Fsp3) is 0.333. The standard InChI is InChI=1S/C18H20FNS/c19-14-8-10-15(11-9-14)21-12-18(20)17-7-2-1-6-16(17)13-4-3-5-13/h1-2,6-11,13,18H,3-5,12,20H2. The van der Waals surface area contributed by atoms with Crippen molar-refractivity contribution in [3.63, 3.8) is 0 Å². The summed E-state index contributed by atoms with van der Waals surface area (Å²) in [6.45, 7) is 0. The van der Waals surface area contributed by atoms with Gasteiger partial charge in [-0.25, -0.2) is 4.39 Å². The Labute approximate surface area is 129 Å². The molecular formula is C18H20FNS. The highest BCUT2D eigenvalue weighted by molar-refractivity contribution is 7.99. The first-order valence-corrected chi connectivity index (χ1v) is 8.45. The molecule has 2 N–H and O–H groups in total. The first-order valence-electron chi connectivity index (χ1n) is 7.47. The van der Waals surface area contributed by atoms with Gasteiger partial charge in [0, 0.05) is 16.7 Å². The third-order valence-corrected chi connectivity index (χ3v) is 5.31. The molecular weight excluding hydrogens is 281 g/mol. The van der Waals surface area contributed by atoms with Gasteiger partial charge in [0.2, 0.25) is 0 Å². The zero-order valence-corrected chi connectivity index (χ0v) is 12.8. The van der Waals surface area contributed by atoms with E-state index < -0.39 is 0 Å². The molecule has 0 saturated heterocycles. The first kappa shape index (κ1) is 14.6. The lowest BCUT2D eigenvalue weighted by atomic mass is 9.77. The van der Waals surface area contributed by atoms with Crippen molar-refractivity contribution in [2.75, 3.05) is 5.75 Å². The van der Waals surface area contributed by atoms with E-state index in [9.17, 15) is 4.39 Å². The second kappa shape index (κ2) is 6.63. The maximum atomic E-state index is 12.9.